The summed E-state index contributed by atoms with van der Waals surface area (Å²) in [7, 11) is 0. The number of halogens is 1. The van der Waals surface area contributed by atoms with Crippen LogP contribution >= 0.6 is 11.6 Å². The number of hydrogen-bond acceptors (Lipinski definition) is 3. The molecule has 28 heavy (non-hydrogen) atoms. The van der Waals surface area contributed by atoms with Gasteiger partial charge in [-0.15, -0.1) is 0 Å². The zero-order valence-electron chi connectivity index (χ0n) is 16.1. The summed E-state index contributed by atoms with van der Waals surface area (Å²) >= 11 is 5.97. The maximum Gasteiger partial charge on any atom is 0.243 e. The standard InChI is InChI=1S/C22H27ClN2O3/c1-2-6-21(27)25(16-18-9-11-19(23)12-10-18)20(22(28)24-13-14-26)15-17-7-4-3-5-8-17/h3-5,7-12,20,26H,2,6,13-16H2,1H3,(H,24,28)/t20-/m1/s1. The first-order chi connectivity index (χ1) is 13.5. The molecule has 1 atom stereocenters. The molecule has 150 valence electrons. The van der Waals surface area contributed by atoms with Crippen LogP contribution in [-0.2, 0) is 22.6 Å². The summed E-state index contributed by atoms with van der Waals surface area (Å²) in [5.41, 5.74) is 1.87. The predicted octanol–water partition coefficient (Wildman–Crippen LogP) is 3.19. The van der Waals surface area contributed by atoms with Crippen LogP contribution in [0.4, 0.5) is 0 Å². The minimum absolute atomic E-state index is 0.0717. The van der Waals surface area contributed by atoms with Crippen LogP contribution in [-0.4, -0.2) is 41.0 Å². The summed E-state index contributed by atoms with van der Waals surface area (Å²) in [6, 6.07) is 16.2. The van der Waals surface area contributed by atoms with Gasteiger partial charge in [0.25, 0.3) is 0 Å². The second kappa shape index (κ2) is 11.5. The topological polar surface area (TPSA) is 69.6 Å². The number of benzene rings is 2. The number of nitrogens with one attached hydrogen (secondary N) is 1. The van der Waals surface area contributed by atoms with E-state index in [1.54, 1.807) is 17.0 Å². The summed E-state index contributed by atoms with van der Waals surface area (Å²) < 4.78 is 0. The van der Waals surface area contributed by atoms with Crippen LogP contribution < -0.4 is 5.32 Å². The van der Waals surface area contributed by atoms with Gasteiger partial charge in [-0.25, -0.2) is 0 Å². The van der Waals surface area contributed by atoms with Crippen LogP contribution in [0.2, 0.25) is 5.02 Å². The van der Waals surface area contributed by atoms with Gasteiger partial charge < -0.3 is 15.3 Å². The molecule has 2 N–H and O–H groups in total. The lowest BCUT2D eigenvalue weighted by Gasteiger charge is -2.31. The molecule has 0 heterocycles. The van der Waals surface area contributed by atoms with Crippen LogP contribution in [0, 0.1) is 0 Å². The van der Waals surface area contributed by atoms with Crippen molar-refractivity contribution in [2.24, 2.45) is 0 Å². The van der Waals surface area contributed by atoms with Crippen molar-refractivity contribution in [3.63, 3.8) is 0 Å². The maximum absolute atomic E-state index is 12.9. The zero-order chi connectivity index (χ0) is 20.4. The lowest BCUT2D eigenvalue weighted by Crippen LogP contribution is -2.50. The smallest absolute Gasteiger partial charge is 0.243 e. The Labute approximate surface area is 171 Å². The molecule has 2 aromatic carbocycles. The first-order valence-electron chi connectivity index (χ1n) is 9.51. The summed E-state index contributed by atoms with van der Waals surface area (Å²) in [5, 5.41) is 12.4. The van der Waals surface area contributed by atoms with Gasteiger partial charge in [-0.1, -0.05) is 61.0 Å². The molecule has 0 aliphatic rings. The Morgan fingerprint density at radius 1 is 1.07 bits per heavy atom. The van der Waals surface area contributed by atoms with Crippen molar-refractivity contribution in [2.75, 3.05) is 13.2 Å². The van der Waals surface area contributed by atoms with Gasteiger partial charge in [0.2, 0.25) is 11.8 Å². The summed E-state index contributed by atoms with van der Waals surface area (Å²) in [6.07, 6.45) is 1.47. The Bertz CT molecular complexity index is 750. The Hall–Kier alpha value is -2.37. The minimum Gasteiger partial charge on any atom is -0.395 e. The molecule has 0 aromatic heterocycles. The molecule has 5 nitrogen and oxygen atoms in total. The lowest BCUT2D eigenvalue weighted by molar-refractivity contribution is -0.141. The summed E-state index contributed by atoms with van der Waals surface area (Å²) in [4.78, 5) is 27.4. The van der Waals surface area contributed by atoms with Crippen molar-refractivity contribution < 1.29 is 14.7 Å². The number of carbonyl (C=O) groups excluding carboxylic acids is 2. The number of amides is 2. The van der Waals surface area contributed by atoms with E-state index in [2.05, 4.69) is 5.32 Å². The van der Waals surface area contributed by atoms with E-state index in [4.69, 9.17) is 16.7 Å². The molecule has 0 spiro atoms. The highest BCUT2D eigenvalue weighted by Gasteiger charge is 2.29. The van der Waals surface area contributed by atoms with E-state index in [1.807, 2.05) is 49.4 Å². The van der Waals surface area contributed by atoms with E-state index in [-0.39, 0.29) is 25.0 Å². The van der Waals surface area contributed by atoms with Crippen molar-refractivity contribution in [1.82, 2.24) is 10.2 Å². The lowest BCUT2D eigenvalue weighted by atomic mass is 10.0. The molecule has 0 unspecified atom stereocenters. The summed E-state index contributed by atoms with van der Waals surface area (Å²) in [5.74, 6) is -0.339. The fourth-order valence-electron chi connectivity index (χ4n) is 2.99. The van der Waals surface area contributed by atoms with Crippen LogP contribution in [0.1, 0.15) is 30.9 Å². The molecule has 0 aliphatic carbocycles. The Kier molecular flexibility index (Phi) is 8.98. The van der Waals surface area contributed by atoms with Crippen LogP contribution in [0.15, 0.2) is 54.6 Å². The minimum atomic E-state index is -0.663. The van der Waals surface area contributed by atoms with Gasteiger partial charge in [-0.05, 0) is 29.7 Å². The van der Waals surface area contributed by atoms with E-state index in [1.165, 1.54) is 0 Å². The highest BCUT2D eigenvalue weighted by atomic mass is 35.5. The summed E-state index contributed by atoms with van der Waals surface area (Å²) in [6.45, 7) is 2.27. The second-order valence-electron chi connectivity index (χ2n) is 6.62. The van der Waals surface area contributed by atoms with Crippen LogP contribution in [0.3, 0.4) is 0 Å². The van der Waals surface area contributed by atoms with Crippen molar-refractivity contribution in [2.45, 2.75) is 38.8 Å². The molecule has 0 saturated carbocycles. The molecule has 6 heteroatoms. The number of hydrogen-bond donors (Lipinski definition) is 2. The van der Waals surface area contributed by atoms with Gasteiger partial charge in [0.1, 0.15) is 6.04 Å². The Morgan fingerprint density at radius 3 is 2.36 bits per heavy atom. The molecule has 0 radical (unpaired) electrons. The third-order valence-corrected chi connectivity index (χ3v) is 4.66. The average Bonchev–Trinajstić information content (AvgIpc) is 2.71. The van der Waals surface area contributed by atoms with Crippen LogP contribution in [0.25, 0.3) is 0 Å². The number of aliphatic hydroxyl groups is 1. The van der Waals surface area contributed by atoms with Gasteiger partial charge >= 0.3 is 0 Å². The molecular weight excluding hydrogens is 376 g/mol. The van der Waals surface area contributed by atoms with Gasteiger partial charge in [-0.2, -0.15) is 0 Å². The monoisotopic (exact) mass is 402 g/mol. The van der Waals surface area contributed by atoms with E-state index in [0.717, 1.165) is 11.1 Å². The molecular formula is C22H27ClN2O3. The molecule has 0 fully saturated rings. The van der Waals surface area contributed by atoms with Crippen molar-refractivity contribution >= 4 is 23.4 Å². The fourth-order valence-corrected chi connectivity index (χ4v) is 3.12. The van der Waals surface area contributed by atoms with E-state index < -0.39 is 6.04 Å². The van der Waals surface area contributed by atoms with Gasteiger partial charge in [0.05, 0.1) is 6.61 Å². The number of aliphatic hydroxyl groups excluding tert-OH is 1. The van der Waals surface area contributed by atoms with Crippen molar-refractivity contribution in [3.8, 4) is 0 Å². The van der Waals surface area contributed by atoms with Crippen molar-refractivity contribution in [1.29, 1.82) is 0 Å². The van der Waals surface area contributed by atoms with Gasteiger partial charge in [-0.3, -0.25) is 9.59 Å². The molecule has 2 rings (SSSR count). The molecule has 2 aromatic rings. The number of nitrogens with zero attached hydrogens (tertiary/aromatic N) is 1. The number of carbonyl (C=O) groups is 2. The number of rotatable bonds is 10. The highest BCUT2D eigenvalue weighted by molar-refractivity contribution is 6.30. The van der Waals surface area contributed by atoms with Gasteiger partial charge in [0, 0.05) is 31.0 Å². The van der Waals surface area contributed by atoms with E-state index >= 15 is 0 Å². The zero-order valence-corrected chi connectivity index (χ0v) is 16.9. The quantitative estimate of drug-likeness (QED) is 0.641. The van der Waals surface area contributed by atoms with Gasteiger partial charge in [0.15, 0.2) is 0 Å². The van der Waals surface area contributed by atoms with Crippen LogP contribution in [0.5, 0.6) is 0 Å². The second-order valence-corrected chi connectivity index (χ2v) is 7.05. The molecule has 0 bridgehead atoms. The molecule has 0 saturated heterocycles. The third-order valence-electron chi connectivity index (χ3n) is 4.41. The SMILES string of the molecule is CCCC(=O)N(Cc1ccc(Cl)cc1)[C@H](Cc1ccccc1)C(=O)NCCO. The average molecular weight is 403 g/mol. The third kappa shape index (κ3) is 6.66. The fraction of sp³-hybridized carbons (Fsp3) is 0.364. The Balaban J connectivity index is 2.32. The maximum atomic E-state index is 12.9. The Morgan fingerprint density at radius 2 is 1.75 bits per heavy atom. The largest absolute Gasteiger partial charge is 0.395 e. The van der Waals surface area contributed by atoms with E-state index in [9.17, 15) is 9.59 Å². The first-order valence-corrected chi connectivity index (χ1v) is 9.89. The highest BCUT2D eigenvalue weighted by Crippen LogP contribution is 2.17. The van der Waals surface area contributed by atoms with E-state index in [0.29, 0.717) is 30.8 Å². The normalized spacial score (nSPS) is 11.7. The molecule has 2 amide bonds. The molecule has 0 aliphatic heterocycles. The van der Waals surface area contributed by atoms with Crippen molar-refractivity contribution in [3.05, 3.63) is 70.7 Å². The first kappa shape index (κ1) is 21.9. The predicted molar refractivity (Wildman–Crippen MR) is 111 cm³/mol.